The first-order chi connectivity index (χ1) is 14.9. The molecular formula is C23H26F3N3O2. The number of pyridine rings is 1. The standard InChI is InChI=1S/C23H26F3N3O2/c24-23(25,26)19-3-1-2-4-20(19)31-18-10-13-29(14-11-18)21-8-7-17(15-28-21)22(30)27-12-9-16-5-6-16/h1-4,7-8,15-16,18H,5-6,9-14H2,(H,27,30). The first-order valence-electron chi connectivity index (χ1n) is 10.7. The van der Waals surface area contributed by atoms with Crippen molar-refractivity contribution in [3.8, 4) is 5.75 Å². The highest BCUT2D eigenvalue weighted by atomic mass is 19.4. The van der Waals surface area contributed by atoms with E-state index in [0.717, 1.165) is 24.2 Å². The van der Waals surface area contributed by atoms with Gasteiger partial charge in [-0.05, 0) is 36.6 Å². The van der Waals surface area contributed by atoms with Crippen molar-refractivity contribution in [1.29, 1.82) is 0 Å². The summed E-state index contributed by atoms with van der Waals surface area (Å²) in [5.41, 5.74) is -0.216. The lowest BCUT2D eigenvalue weighted by atomic mass is 10.1. The topological polar surface area (TPSA) is 54.5 Å². The zero-order valence-corrected chi connectivity index (χ0v) is 17.2. The number of halogens is 3. The summed E-state index contributed by atoms with van der Waals surface area (Å²) in [6, 6.07) is 8.89. The lowest BCUT2D eigenvalue weighted by Gasteiger charge is -2.33. The van der Waals surface area contributed by atoms with Crippen LogP contribution in [0.1, 0.15) is 48.0 Å². The summed E-state index contributed by atoms with van der Waals surface area (Å²) in [7, 11) is 0. The average Bonchev–Trinajstić information content (AvgIpc) is 3.58. The summed E-state index contributed by atoms with van der Waals surface area (Å²) >= 11 is 0. The van der Waals surface area contributed by atoms with Crippen molar-refractivity contribution in [1.82, 2.24) is 10.3 Å². The second-order valence-corrected chi connectivity index (χ2v) is 8.19. The third kappa shape index (κ3) is 5.68. The minimum absolute atomic E-state index is 0.116. The lowest BCUT2D eigenvalue weighted by Crippen LogP contribution is -2.39. The van der Waals surface area contributed by atoms with Gasteiger partial charge in [0.15, 0.2) is 0 Å². The number of alkyl halides is 3. The van der Waals surface area contributed by atoms with Gasteiger partial charge in [0.05, 0.1) is 11.1 Å². The number of nitrogens with zero attached hydrogens (tertiary/aromatic N) is 2. The maximum absolute atomic E-state index is 13.2. The Bertz CT molecular complexity index is 890. The molecule has 8 heteroatoms. The molecule has 1 saturated heterocycles. The Morgan fingerprint density at radius 1 is 1.10 bits per heavy atom. The predicted octanol–water partition coefficient (Wildman–Crippen LogP) is 4.68. The fourth-order valence-corrected chi connectivity index (χ4v) is 3.79. The molecule has 2 fully saturated rings. The summed E-state index contributed by atoms with van der Waals surface area (Å²) in [6.07, 6.45) is 1.61. The Hall–Kier alpha value is -2.77. The van der Waals surface area contributed by atoms with Gasteiger partial charge in [-0.15, -0.1) is 0 Å². The van der Waals surface area contributed by atoms with Gasteiger partial charge in [0.25, 0.3) is 5.91 Å². The number of anilines is 1. The summed E-state index contributed by atoms with van der Waals surface area (Å²) < 4.78 is 45.2. The smallest absolute Gasteiger partial charge is 0.419 e. The number of hydrogen-bond donors (Lipinski definition) is 1. The van der Waals surface area contributed by atoms with Crippen LogP contribution in [0.15, 0.2) is 42.6 Å². The molecule has 1 aromatic carbocycles. The van der Waals surface area contributed by atoms with Gasteiger partial charge in [0.2, 0.25) is 0 Å². The maximum Gasteiger partial charge on any atom is 0.419 e. The van der Waals surface area contributed by atoms with Crippen molar-refractivity contribution in [2.24, 2.45) is 5.92 Å². The van der Waals surface area contributed by atoms with Gasteiger partial charge >= 0.3 is 6.18 Å². The molecule has 2 aliphatic rings. The van der Waals surface area contributed by atoms with Crippen molar-refractivity contribution >= 4 is 11.7 Å². The molecule has 1 aliphatic heterocycles. The van der Waals surface area contributed by atoms with Gasteiger partial charge in [-0.3, -0.25) is 4.79 Å². The van der Waals surface area contributed by atoms with Crippen LogP contribution in [0.3, 0.4) is 0 Å². The lowest BCUT2D eigenvalue weighted by molar-refractivity contribution is -0.139. The maximum atomic E-state index is 13.2. The summed E-state index contributed by atoms with van der Waals surface area (Å²) in [4.78, 5) is 18.7. The second kappa shape index (κ2) is 9.16. The third-order valence-electron chi connectivity index (χ3n) is 5.80. The zero-order chi connectivity index (χ0) is 21.8. The van der Waals surface area contributed by atoms with Crippen molar-refractivity contribution in [2.75, 3.05) is 24.5 Å². The number of carbonyl (C=O) groups is 1. The molecule has 4 rings (SSSR count). The van der Waals surface area contributed by atoms with Crippen LogP contribution in [0.4, 0.5) is 19.0 Å². The first-order valence-corrected chi connectivity index (χ1v) is 10.7. The molecule has 1 N–H and O–H groups in total. The Morgan fingerprint density at radius 3 is 2.48 bits per heavy atom. The molecular weight excluding hydrogens is 407 g/mol. The molecule has 1 aliphatic carbocycles. The summed E-state index contributed by atoms with van der Waals surface area (Å²) in [5.74, 6) is 1.29. The molecule has 2 aromatic rings. The van der Waals surface area contributed by atoms with E-state index >= 15 is 0 Å². The fourth-order valence-electron chi connectivity index (χ4n) is 3.79. The minimum Gasteiger partial charge on any atom is -0.490 e. The number of amides is 1. The van der Waals surface area contributed by atoms with Gasteiger partial charge in [-0.1, -0.05) is 25.0 Å². The van der Waals surface area contributed by atoms with Gasteiger partial charge in [-0.25, -0.2) is 4.98 Å². The average molecular weight is 433 g/mol. The van der Waals surface area contributed by atoms with Gasteiger partial charge in [-0.2, -0.15) is 13.2 Å². The highest BCUT2D eigenvalue weighted by Gasteiger charge is 2.35. The van der Waals surface area contributed by atoms with Crippen LogP contribution in [0.25, 0.3) is 0 Å². The van der Waals surface area contributed by atoms with Crippen LogP contribution in [-0.4, -0.2) is 36.6 Å². The molecule has 166 valence electrons. The number of para-hydroxylation sites is 1. The minimum atomic E-state index is -4.44. The van der Waals surface area contributed by atoms with Gasteiger partial charge in [0, 0.05) is 38.7 Å². The Labute approximate surface area is 179 Å². The van der Waals surface area contributed by atoms with E-state index in [-0.39, 0.29) is 17.8 Å². The normalized spacial score (nSPS) is 17.5. The van der Waals surface area contributed by atoms with Gasteiger partial charge < -0.3 is 15.0 Å². The molecule has 1 aromatic heterocycles. The van der Waals surface area contributed by atoms with Crippen LogP contribution < -0.4 is 15.0 Å². The molecule has 0 unspecified atom stereocenters. The summed E-state index contributed by atoms with van der Waals surface area (Å²) in [6.45, 7) is 1.94. The monoisotopic (exact) mass is 433 g/mol. The SMILES string of the molecule is O=C(NCCC1CC1)c1ccc(N2CCC(Oc3ccccc3C(F)(F)F)CC2)nc1. The van der Waals surface area contributed by atoms with Crippen LogP contribution in [0, 0.1) is 5.92 Å². The van der Waals surface area contributed by atoms with E-state index in [0.29, 0.717) is 38.0 Å². The van der Waals surface area contributed by atoms with E-state index in [1.807, 2.05) is 6.07 Å². The second-order valence-electron chi connectivity index (χ2n) is 8.19. The van der Waals surface area contributed by atoms with Crippen LogP contribution >= 0.6 is 0 Å². The number of nitrogens with one attached hydrogen (secondary N) is 1. The van der Waals surface area contributed by atoms with E-state index in [1.165, 1.54) is 25.0 Å². The van der Waals surface area contributed by atoms with Crippen LogP contribution in [0.2, 0.25) is 0 Å². The Kier molecular flexibility index (Phi) is 6.34. The van der Waals surface area contributed by atoms with E-state index in [2.05, 4.69) is 15.2 Å². The number of benzene rings is 1. The predicted molar refractivity (Wildman–Crippen MR) is 111 cm³/mol. The number of rotatable bonds is 7. The molecule has 31 heavy (non-hydrogen) atoms. The van der Waals surface area contributed by atoms with E-state index < -0.39 is 11.7 Å². The van der Waals surface area contributed by atoms with E-state index in [9.17, 15) is 18.0 Å². The molecule has 0 atom stereocenters. The number of piperidine rings is 1. The molecule has 1 amide bonds. The van der Waals surface area contributed by atoms with Crippen molar-refractivity contribution in [2.45, 2.75) is 44.4 Å². The van der Waals surface area contributed by atoms with Crippen LogP contribution in [-0.2, 0) is 6.18 Å². The Morgan fingerprint density at radius 2 is 1.84 bits per heavy atom. The largest absolute Gasteiger partial charge is 0.490 e. The zero-order valence-electron chi connectivity index (χ0n) is 17.2. The number of carbonyl (C=O) groups excluding carboxylic acids is 1. The van der Waals surface area contributed by atoms with Crippen molar-refractivity contribution in [3.63, 3.8) is 0 Å². The molecule has 1 saturated carbocycles. The van der Waals surface area contributed by atoms with Crippen LogP contribution in [0.5, 0.6) is 5.75 Å². The molecule has 0 radical (unpaired) electrons. The first kappa shape index (κ1) is 21.5. The van der Waals surface area contributed by atoms with E-state index in [1.54, 1.807) is 18.3 Å². The quantitative estimate of drug-likeness (QED) is 0.689. The Balaban J connectivity index is 1.28. The summed E-state index contributed by atoms with van der Waals surface area (Å²) in [5, 5.41) is 2.92. The number of ether oxygens (including phenoxy) is 1. The van der Waals surface area contributed by atoms with Crippen molar-refractivity contribution in [3.05, 3.63) is 53.7 Å². The molecule has 2 heterocycles. The number of hydrogen-bond acceptors (Lipinski definition) is 4. The molecule has 5 nitrogen and oxygen atoms in total. The highest BCUT2D eigenvalue weighted by Crippen LogP contribution is 2.37. The highest BCUT2D eigenvalue weighted by molar-refractivity contribution is 5.94. The van der Waals surface area contributed by atoms with Gasteiger partial charge in [0.1, 0.15) is 17.7 Å². The fraction of sp³-hybridized carbons (Fsp3) is 0.478. The third-order valence-corrected chi connectivity index (χ3v) is 5.80. The van der Waals surface area contributed by atoms with Crippen molar-refractivity contribution < 1.29 is 22.7 Å². The molecule has 0 spiro atoms. The number of aromatic nitrogens is 1. The van der Waals surface area contributed by atoms with E-state index in [4.69, 9.17) is 4.74 Å². The molecule has 0 bridgehead atoms.